The molecule has 0 saturated heterocycles. The Hall–Kier alpha value is 1.39. The number of nitrogens with two attached hydrogens (primary N) is 1. The normalized spacial score (nSPS) is 12.8. The van der Waals surface area contributed by atoms with E-state index in [1.54, 1.807) is 12.1 Å². The maximum absolute atomic E-state index is 11.1. The van der Waals surface area contributed by atoms with E-state index in [1.165, 1.54) is 6.92 Å². The van der Waals surface area contributed by atoms with E-state index in [2.05, 4.69) is 45.2 Å². The third-order valence-electron chi connectivity index (χ3n) is 3.31. The first kappa shape index (κ1) is 25.4. The number of carbonyl (C=O) groups is 1. The van der Waals surface area contributed by atoms with Gasteiger partial charge in [-0.25, -0.2) is 0 Å². The second-order valence-corrected chi connectivity index (χ2v) is 10.3. The molecule has 2 aromatic rings. The van der Waals surface area contributed by atoms with E-state index in [4.69, 9.17) is 10.5 Å². The molecule has 0 aliphatic carbocycles. The van der Waals surface area contributed by atoms with Gasteiger partial charge in [-0.2, -0.15) is 0 Å². The zero-order valence-corrected chi connectivity index (χ0v) is 24.4. The van der Waals surface area contributed by atoms with E-state index < -0.39 is 11.5 Å². The quantitative estimate of drug-likeness (QED) is 0.342. The van der Waals surface area contributed by atoms with E-state index in [1.807, 2.05) is 57.3 Å². The standard InChI is InChI=1S/C16H13I4NO4.Na/c1-16(21,15(23)24)6-7-2-11(19)14(12(20)3-7)25-8-4-9(17)13(22)10(18)5-8;/h2-5,22H,6,21H2,1H3,(H,23,24);/q;+1/p-1/t16-;/m0./s1. The van der Waals surface area contributed by atoms with Gasteiger partial charge < -0.3 is 25.5 Å². The molecule has 0 fully saturated rings. The number of carboxylic acid groups (broad SMARTS) is 1. The van der Waals surface area contributed by atoms with Crippen LogP contribution in [0.15, 0.2) is 24.3 Å². The molecule has 1 atom stereocenters. The Balaban J connectivity index is 0.00000338. The summed E-state index contributed by atoms with van der Waals surface area (Å²) in [5.41, 5.74) is 5.14. The van der Waals surface area contributed by atoms with Gasteiger partial charge in [0.15, 0.2) is 5.75 Å². The second-order valence-electron chi connectivity index (χ2n) is 5.61. The molecule has 0 aliphatic heterocycles. The van der Waals surface area contributed by atoms with E-state index >= 15 is 0 Å². The van der Waals surface area contributed by atoms with Crippen molar-refractivity contribution in [2.75, 3.05) is 0 Å². The predicted octanol–water partition coefficient (Wildman–Crippen LogP) is 0.617. The second kappa shape index (κ2) is 10.4. The molecule has 0 saturated carbocycles. The largest absolute Gasteiger partial charge is 1.00 e. The van der Waals surface area contributed by atoms with Crippen LogP contribution in [0.5, 0.6) is 17.2 Å². The molecule has 134 valence electrons. The molecule has 0 spiro atoms. The number of carbonyl (C=O) groups excluding carboxylic acids is 1. The van der Waals surface area contributed by atoms with Crippen LogP contribution in [0.2, 0.25) is 0 Å². The summed E-state index contributed by atoms with van der Waals surface area (Å²) in [7, 11) is 0. The van der Waals surface area contributed by atoms with Crippen molar-refractivity contribution in [3.8, 4) is 17.2 Å². The number of aliphatic carboxylic acids is 1. The zero-order chi connectivity index (χ0) is 18.9. The molecule has 0 unspecified atom stereocenters. The molecule has 10 heteroatoms. The molecule has 0 aliphatic rings. The Morgan fingerprint density at radius 2 is 1.58 bits per heavy atom. The van der Waals surface area contributed by atoms with Gasteiger partial charge in [0.1, 0.15) is 11.5 Å². The van der Waals surface area contributed by atoms with Crippen LogP contribution < -0.4 is 45.1 Å². The van der Waals surface area contributed by atoms with Gasteiger partial charge in [0, 0.05) is 0 Å². The molecule has 26 heavy (non-hydrogen) atoms. The Bertz CT molecular complexity index is 799. The van der Waals surface area contributed by atoms with Gasteiger partial charge in [-0.3, -0.25) is 0 Å². The van der Waals surface area contributed by atoms with Gasteiger partial charge in [0.2, 0.25) is 0 Å². The number of halogens is 4. The van der Waals surface area contributed by atoms with Gasteiger partial charge in [0.05, 0.1) is 25.8 Å². The smallest absolute Gasteiger partial charge is 0.548 e. The van der Waals surface area contributed by atoms with Crippen molar-refractivity contribution in [1.29, 1.82) is 0 Å². The van der Waals surface area contributed by atoms with Crippen LogP contribution in [0.4, 0.5) is 0 Å². The number of ether oxygens (including phenoxy) is 1. The molecule has 0 heterocycles. The summed E-state index contributed by atoms with van der Waals surface area (Å²) in [5.74, 6) is 0.242. The van der Waals surface area contributed by atoms with Gasteiger partial charge in [-0.15, -0.1) is 0 Å². The van der Waals surface area contributed by atoms with Crippen LogP contribution in [0, 0.1) is 14.3 Å². The van der Waals surface area contributed by atoms with Crippen molar-refractivity contribution in [3.63, 3.8) is 0 Å². The number of hydrogen-bond acceptors (Lipinski definition) is 5. The van der Waals surface area contributed by atoms with Crippen LogP contribution in [-0.4, -0.2) is 16.6 Å². The summed E-state index contributed by atoms with van der Waals surface area (Å²) < 4.78 is 9.08. The fourth-order valence-electron chi connectivity index (χ4n) is 2.03. The van der Waals surface area contributed by atoms with Crippen molar-refractivity contribution in [1.82, 2.24) is 0 Å². The van der Waals surface area contributed by atoms with Crippen LogP contribution in [0.25, 0.3) is 0 Å². The first-order valence-corrected chi connectivity index (χ1v) is 11.2. The number of phenolic OH excluding ortho intramolecular Hbond substituents is 1. The van der Waals surface area contributed by atoms with Crippen LogP contribution in [0.1, 0.15) is 12.5 Å². The fourth-order valence-corrected chi connectivity index (χ4v) is 5.86. The van der Waals surface area contributed by atoms with E-state index in [9.17, 15) is 15.0 Å². The van der Waals surface area contributed by atoms with Crippen molar-refractivity contribution in [2.45, 2.75) is 18.9 Å². The molecule has 0 radical (unpaired) electrons. The third-order valence-corrected chi connectivity index (χ3v) is 6.55. The summed E-state index contributed by atoms with van der Waals surface area (Å²) in [6, 6.07) is 7.21. The minimum Gasteiger partial charge on any atom is -0.548 e. The number of carboxylic acids is 1. The van der Waals surface area contributed by atoms with Crippen LogP contribution in [-0.2, 0) is 11.2 Å². The predicted molar refractivity (Wildman–Crippen MR) is 127 cm³/mol. The topological polar surface area (TPSA) is 95.6 Å². The SMILES string of the molecule is C[C@](N)(Cc1cc(I)c(Oc2cc(I)c(O)c(I)c2)c(I)c1)C(=O)[O-].[Na+]. The summed E-state index contributed by atoms with van der Waals surface area (Å²) in [6.45, 7) is 1.44. The first-order valence-electron chi connectivity index (χ1n) is 6.85. The number of aromatic hydroxyl groups is 1. The maximum atomic E-state index is 11.1. The summed E-state index contributed by atoms with van der Waals surface area (Å²) >= 11 is 8.38. The molecule has 5 nitrogen and oxygen atoms in total. The average Bonchev–Trinajstić information content (AvgIpc) is 2.47. The van der Waals surface area contributed by atoms with Gasteiger partial charge in [-0.05, 0) is 134 Å². The Kier molecular flexibility index (Phi) is 10.2. The van der Waals surface area contributed by atoms with E-state index in [0.29, 0.717) is 18.6 Å². The Labute approximate surface area is 228 Å². The number of benzene rings is 2. The van der Waals surface area contributed by atoms with Crippen molar-refractivity contribution in [2.24, 2.45) is 5.73 Å². The summed E-state index contributed by atoms with van der Waals surface area (Å²) in [6.07, 6.45) is 0.163. The molecule has 2 aromatic carbocycles. The molecule has 0 bridgehead atoms. The number of phenols is 1. The Morgan fingerprint density at radius 1 is 1.12 bits per heavy atom. The molecular weight excluding hydrogens is 801 g/mol. The summed E-state index contributed by atoms with van der Waals surface area (Å²) in [4.78, 5) is 11.1. The zero-order valence-electron chi connectivity index (χ0n) is 13.8. The molecule has 3 N–H and O–H groups in total. The molecular formula is C16H12I4NNaO4. The number of rotatable bonds is 5. The fraction of sp³-hybridized carbons (Fsp3) is 0.188. The average molecular weight is 813 g/mol. The van der Waals surface area contributed by atoms with Crippen molar-refractivity contribution >= 4 is 96.3 Å². The maximum Gasteiger partial charge on any atom is 1.00 e. The molecule has 0 aromatic heterocycles. The van der Waals surface area contributed by atoms with Crippen molar-refractivity contribution < 1.29 is 49.3 Å². The van der Waals surface area contributed by atoms with Crippen LogP contribution in [0.3, 0.4) is 0 Å². The van der Waals surface area contributed by atoms with Gasteiger partial charge in [0.25, 0.3) is 0 Å². The van der Waals surface area contributed by atoms with Gasteiger partial charge >= 0.3 is 29.6 Å². The molecule has 0 amide bonds. The van der Waals surface area contributed by atoms with E-state index in [-0.39, 0.29) is 41.7 Å². The minimum atomic E-state index is -1.43. The number of hydrogen-bond donors (Lipinski definition) is 2. The van der Waals surface area contributed by atoms with Crippen LogP contribution >= 0.6 is 90.4 Å². The van der Waals surface area contributed by atoms with Gasteiger partial charge in [-0.1, -0.05) is 0 Å². The van der Waals surface area contributed by atoms with Crippen molar-refractivity contribution in [3.05, 3.63) is 44.1 Å². The van der Waals surface area contributed by atoms with E-state index in [0.717, 1.165) is 12.7 Å². The monoisotopic (exact) mass is 813 g/mol. The Morgan fingerprint density at radius 3 is 2.00 bits per heavy atom. The third kappa shape index (κ3) is 6.45. The first-order chi connectivity index (χ1) is 11.5. The summed E-state index contributed by atoms with van der Waals surface area (Å²) in [5, 5.41) is 21.0. The molecule has 2 rings (SSSR count). The minimum absolute atomic E-state index is 0.